The second kappa shape index (κ2) is 6.76. The van der Waals surface area contributed by atoms with E-state index in [4.69, 9.17) is 28.3 Å². The number of hydrogen-bond acceptors (Lipinski definition) is 3. The summed E-state index contributed by atoms with van der Waals surface area (Å²) < 4.78 is 26.6. The highest BCUT2D eigenvalue weighted by molar-refractivity contribution is 7.89. The van der Waals surface area contributed by atoms with E-state index in [1.165, 1.54) is 18.2 Å². The summed E-state index contributed by atoms with van der Waals surface area (Å²) in [6.07, 6.45) is 0.517. The number of sulfonamides is 1. The van der Waals surface area contributed by atoms with Crippen LogP contribution in [0.4, 0.5) is 0 Å². The predicted octanol–water partition coefficient (Wildman–Crippen LogP) is 2.77. The zero-order valence-corrected chi connectivity index (χ0v) is 13.3. The van der Waals surface area contributed by atoms with Crippen molar-refractivity contribution in [2.45, 2.75) is 31.2 Å². The molecule has 8 heteroatoms. The zero-order valence-electron chi connectivity index (χ0n) is 10.9. The predicted molar refractivity (Wildman–Crippen MR) is 77.7 cm³/mol. The lowest BCUT2D eigenvalue weighted by molar-refractivity contribution is -0.140. The van der Waals surface area contributed by atoms with Gasteiger partial charge in [0.25, 0.3) is 0 Å². The van der Waals surface area contributed by atoms with Crippen molar-refractivity contribution in [2.24, 2.45) is 5.92 Å². The van der Waals surface area contributed by atoms with Crippen molar-refractivity contribution in [3.63, 3.8) is 0 Å². The molecule has 1 rings (SSSR count). The van der Waals surface area contributed by atoms with Crippen molar-refractivity contribution >= 4 is 39.2 Å². The van der Waals surface area contributed by atoms with Gasteiger partial charge in [0, 0.05) is 0 Å². The topological polar surface area (TPSA) is 83.5 Å². The van der Waals surface area contributed by atoms with Crippen LogP contribution in [0, 0.1) is 5.92 Å². The van der Waals surface area contributed by atoms with E-state index in [9.17, 15) is 13.2 Å². The highest BCUT2D eigenvalue weighted by Crippen LogP contribution is 2.29. The Hall–Kier alpha value is -0.820. The molecule has 1 aromatic carbocycles. The van der Waals surface area contributed by atoms with E-state index in [0.717, 1.165) is 0 Å². The fourth-order valence-corrected chi connectivity index (χ4v) is 3.63. The quantitative estimate of drug-likeness (QED) is 0.834. The first kappa shape index (κ1) is 17.2. The van der Waals surface area contributed by atoms with E-state index in [1.54, 1.807) is 13.8 Å². The van der Waals surface area contributed by atoms with Crippen molar-refractivity contribution in [3.8, 4) is 0 Å². The van der Waals surface area contributed by atoms with Gasteiger partial charge in [-0.25, -0.2) is 8.42 Å². The van der Waals surface area contributed by atoms with Crippen LogP contribution in [-0.2, 0) is 14.8 Å². The van der Waals surface area contributed by atoms with Crippen molar-refractivity contribution in [1.29, 1.82) is 0 Å². The van der Waals surface area contributed by atoms with Crippen LogP contribution in [0.3, 0.4) is 0 Å². The summed E-state index contributed by atoms with van der Waals surface area (Å²) in [5, 5.41) is 9.08. The van der Waals surface area contributed by atoms with E-state index in [-0.39, 0.29) is 20.9 Å². The first-order valence-corrected chi connectivity index (χ1v) is 8.13. The summed E-state index contributed by atoms with van der Waals surface area (Å²) in [5.41, 5.74) is 0. The molecule has 0 fully saturated rings. The lowest BCUT2D eigenvalue weighted by Gasteiger charge is -2.20. The van der Waals surface area contributed by atoms with Gasteiger partial charge in [-0.1, -0.05) is 49.5 Å². The molecule has 2 atom stereocenters. The summed E-state index contributed by atoms with van der Waals surface area (Å²) in [6, 6.07) is 2.93. The Kier molecular flexibility index (Phi) is 5.82. The Bertz CT molecular complexity index is 603. The summed E-state index contributed by atoms with van der Waals surface area (Å²) >= 11 is 11.6. The lowest BCUT2D eigenvalue weighted by Crippen LogP contribution is -2.44. The Morgan fingerprint density at radius 2 is 2.00 bits per heavy atom. The van der Waals surface area contributed by atoms with Crippen LogP contribution in [0.2, 0.25) is 10.0 Å². The Labute approximate surface area is 127 Å². The smallest absolute Gasteiger partial charge is 0.322 e. The van der Waals surface area contributed by atoms with E-state index in [0.29, 0.717) is 6.42 Å². The van der Waals surface area contributed by atoms with Crippen LogP contribution in [0.15, 0.2) is 23.1 Å². The molecule has 0 spiro atoms. The van der Waals surface area contributed by atoms with Crippen molar-refractivity contribution < 1.29 is 18.3 Å². The average molecular weight is 340 g/mol. The minimum absolute atomic E-state index is 0.0879. The van der Waals surface area contributed by atoms with Gasteiger partial charge in [-0.3, -0.25) is 4.79 Å². The molecule has 0 saturated carbocycles. The molecule has 0 amide bonds. The molecule has 0 bridgehead atoms. The van der Waals surface area contributed by atoms with Gasteiger partial charge in [0.1, 0.15) is 10.9 Å². The molecule has 5 nitrogen and oxygen atoms in total. The number of aliphatic carboxylic acids is 1. The molecule has 20 heavy (non-hydrogen) atoms. The molecule has 1 aromatic rings. The van der Waals surface area contributed by atoms with Gasteiger partial charge < -0.3 is 5.11 Å². The molecule has 0 aromatic heterocycles. The van der Waals surface area contributed by atoms with Crippen LogP contribution in [0.5, 0.6) is 0 Å². The highest BCUT2D eigenvalue weighted by Gasteiger charge is 2.30. The van der Waals surface area contributed by atoms with Crippen molar-refractivity contribution in [2.75, 3.05) is 0 Å². The molecule has 0 aliphatic carbocycles. The first-order chi connectivity index (χ1) is 9.20. The van der Waals surface area contributed by atoms with Crippen molar-refractivity contribution in [1.82, 2.24) is 4.72 Å². The van der Waals surface area contributed by atoms with Gasteiger partial charge in [0.15, 0.2) is 0 Å². The maximum absolute atomic E-state index is 12.2. The summed E-state index contributed by atoms with van der Waals surface area (Å²) in [4.78, 5) is 10.9. The van der Waals surface area contributed by atoms with Crippen LogP contribution in [0.1, 0.15) is 20.3 Å². The molecule has 0 aliphatic heterocycles. The Morgan fingerprint density at radius 3 is 2.50 bits per heavy atom. The standard InChI is InChI=1S/C12H15Cl2NO4S/c1-3-7(2)11(12(16)17)15-20(18,19)9-6-4-5-8(13)10(9)14/h4-7,11,15H,3H2,1-2H3,(H,16,17)/t7-,11-/m0/s1. The van der Waals surface area contributed by atoms with E-state index < -0.39 is 22.0 Å². The van der Waals surface area contributed by atoms with E-state index >= 15 is 0 Å². The van der Waals surface area contributed by atoms with Gasteiger partial charge >= 0.3 is 5.97 Å². The number of rotatable bonds is 6. The normalized spacial score (nSPS) is 14.8. The van der Waals surface area contributed by atoms with E-state index in [2.05, 4.69) is 4.72 Å². The van der Waals surface area contributed by atoms with Gasteiger partial charge in [-0.2, -0.15) is 4.72 Å². The van der Waals surface area contributed by atoms with Gasteiger partial charge in [-0.15, -0.1) is 0 Å². The molecular weight excluding hydrogens is 325 g/mol. The molecule has 0 aliphatic rings. The van der Waals surface area contributed by atoms with Crippen LogP contribution in [0.25, 0.3) is 0 Å². The van der Waals surface area contributed by atoms with Gasteiger partial charge in [-0.05, 0) is 18.1 Å². The monoisotopic (exact) mass is 339 g/mol. The maximum atomic E-state index is 12.2. The third kappa shape index (κ3) is 3.85. The minimum Gasteiger partial charge on any atom is -0.480 e. The number of carbonyl (C=O) groups is 1. The Morgan fingerprint density at radius 1 is 1.40 bits per heavy atom. The number of benzene rings is 1. The highest BCUT2D eigenvalue weighted by atomic mass is 35.5. The average Bonchev–Trinajstić information content (AvgIpc) is 2.37. The van der Waals surface area contributed by atoms with Crippen molar-refractivity contribution in [3.05, 3.63) is 28.2 Å². The number of nitrogens with one attached hydrogen (secondary N) is 1. The summed E-state index contributed by atoms with van der Waals surface area (Å²) in [6.45, 7) is 3.43. The maximum Gasteiger partial charge on any atom is 0.322 e. The fourth-order valence-electron chi connectivity index (χ4n) is 1.57. The second-order valence-electron chi connectivity index (χ2n) is 4.37. The molecule has 0 radical (unpaired) electrons. The number of carboxylic acids is 1. The summed E-state index contributed by atoms with van der Waals surface area (Å²) in [7, 11) is -4.06. The number of hydrogen-bond donors (Lipinski definition) is 2. The van der Waals surface area contributed by atoms with E-state index in [1.807, 2.05) is 0 Å². The molecule has 0 unspecified atom stereocenters. The molecule has 0 heterocycles. The largest absolute Gasteiger partial charge is 0.480 e. The molecule has 0 saturated heterocycles. The number of halogens is 2. The molecule has 112 valence electrons. The summed E-state index contributed by atoms with van der Waals surface area (Å²) in [5.74, 6) is -1.60. The molecule has 2 N–H and O–H groups in total. The third-order valence-corrected chi connectivity index (χ3v) is 5.38. The Balaban J connectivity index is 3.17. The van der Waals surface area contributed by atoms with Crippen LogP contribution in [-0.4, -0.2) is 25.5 Å². The second-order valence-corrected chi connectivity index (χ2v) is 6.84. The van der Waals surface area contributed by atoms with Crippen LogP contribution >= 0.6 is 23.2 Å². The minimum atomic E-state index is -4.06. The van der Waals surface area contributed by atoms with Gasteiger partial charge in [0.05, 0.1) is 10.0 Å². The van der Waals surface area contributed by atoms with Crippen LogP contribution < -0.4 is 4.72 Å². The van der Waals surface area contributed by atoms with Gasteiger partial charge in [0.2, 0.25) is 10.0 Å². The zero-order chi connectivity index (χ0) is 15.5. The fraction of sp³-hybridized carbons (Fsp3) is 0.417. The third-order valence-electron chi connectivity index (χ3n) is 2.97. The first-order valence-electron chi connectivity index (χ1n) is 5.89. The molecular formula is C12H15Cl2NO4S. The number of carboxylic acid groups (broad SMARTS) is 1. The SMILES string of the molecule is CC[C@H](C)[C@H](NS(=O)(=O)c1cccc(Cl)c1Cl)C(=O)O. The lowest BCUT2D eigenvalue weighted by atomic mass is 10.0.